The summed E-state index contributed by atoms with van der Waals surface area (Å²) in [4.78, 5) is 145. The lowest BCUT2D eigenvalue weighted by atomic mass is 10.0. The standard InChI is InChI=1S/2C12H23N3O8.C12H21N3O7S.C9H17N3O5/c2*1-13-5(11(21)14-2)3-7(17)15-4-6(16)8(18)9(19)10(20)12(22)23;1-13-6(3-9(17)14-4-8(16)12(21)22)10(18)15-7(5-23-2)11(19)20;1-10-5(8(15)11-2)3-7(14)12-4-6(13)9(16)17/h2*5-6,8-10,13,16,18-20H,3-4H2,1-2H3,(H,14,21)(H,15,17)(H,22,23);6-8,13,16H,3-5H2,1-2H3,(H,14,17)(H,15,18)(H,19,20)(H,21,22);5-6,10,13H,3-4H2,1-2H3,(H,11,15)(H,12,14)(H,16,17)/t5-,6-,8+,9-,10-;;;/m0.../s1. The Kier molecular flexibility index (Phi) is 46.7. The van der Waals surface area contributed by atoms with Crippen LogP contribution >= 0.6 is 11.8 Å². The zero-order valence-corrected chi connectivity index (χ0v) is 48.8. The topological polar surface area (TPSA) is 670 Å². The smallest absolute Gasteiger partial charge is 0.335 e. The predicted octanol–water partition coefficient (Wildman–Crippen LogP) is -14.6. The number of aliphatic hydroxyl groups is 10. The molecular weight excluding hydrogens is 1190 g/mol. The van der Waals surface area contributed by atoms with Gasteiger partial charge in [-0.15, -0.1) is 0 Å². The SMILES string of the molecule is CNC(=O)C(CC(=O)NCC(O)C(=O)O)NC.CNC(=O)C(CC(=O)NCC(O)C(O)C(O)C(O)C(=O)O)NC.CNC(=O)[C@H](CC(=O)NC[C@H](O)[C@@H](O)[C@H](O)[C@H](O)C(=O)O)NC.CNC(CC(=O)NCC(O)C(=O)O)C(=O)NC(CSC)C(=O)O. The Morgan fingerprint density at radius 2 is 0.593 bits per heavy atom. The summed E-state index contributed by atoms with van der Waals surface area (Å²) in [6.45, 7) is -1.89. The maximum Gasteiger partial charge on any atom is 0.335 e. The maximum absolute atomic E-state index is 12.0. The first-order valence-corrected chi connectivity index (χ1v) is 26.5. The first-order valence-electron chi connectivity index (χ1n) is 25.1. The second-order valence-electron chi connectivity index (χ2n) is 17.5. The van der Waals surface area contributed by atoms with Gasteiger partial charge < -0.3 is 140 Å². The van der Waals surface area contributed by atoms with Crippen LogP contribution in [0.4, 0.5) is 0 Å². The third-order valence-electron chi connectivity index (χ3n) is 11.1. The average molecular weight is 1270 g/mol. The fourth-order valence-electron chi connectivity index (χ4n) is 5.86. The monoisotopic (exact) mass is 1270 g/mol. The van der Waals surface area contributed by atoms with E-state index in [1.165, 1.54) is 61.1 Å². The van der Waals surface area contributed by atoms with Crippen molar-refractivity contribution in [3.8, 4) is 0 Å². The van der Waals surface area contributed by atoms with Crippen molar-refractivity contribution in [3.63, 3.8) is 0 Å². The zero-order chi connectivity index (χ0) is 67.7. The summed E-state index contributed by atoms with van der Waals surface area (Å²) in [5, 5.41) is 165. The van der Waals surface area contributed by atoms with Crippen molar-refractivity contribution in [2.45, 2.75) is 117 Å². The highest BCUT2D eigenvalue weighted by Crippen LogP contribution is 2.07. The summed E-state index contributed by atoms with van der Waals surface area (Å²) in [7, 11) is 10.2. The van der Waals surface area contributed by atoms with Crippen LogP contribution in [0.5, 0.6) is 0 Å². The largest absolute Gasteiger partial charge is 0.480 e. The van der Waals surface area contributed by atoms with Gasteiger partial charge in [-0.1, -0.05) is 0 Å². The van der Waals surface area contributed by atoms with E-state index in [2.05, 4.69) is 63.8 Å². The van der Waals surface area contributed by atoms with E-state index >= 15 is 0 Å². The van der Waals surface area contributed by atoms with Crippen LogP contribution in [0, 0.1) is 0 Å². The van der Waals surface area contributed by atoms with E-state index in [4.69, 9.17) is 46.0 Å². The van der Waals surface area contributed by atoms with Crippen molar-refractivity contribution in [2.75, 3.05) is 87.5 Å². The van der Waals surface area contributed by atoms with Gasteiger partial charge in [-0.05, 0) is 34.4 Å². The molecule has 0 aromatic heterocycles. The molecule has 0 radical (unpaired) electrons. The second-order valence-corrected chi connectivity index (χ2v) is 18.4. The maximum atomic E-state index is 12.0. The van der Waals surface area contributed by atoms with Crippen molar-refractivity contribution in [2.24, 2.45) is 0 Å². The molecule has 0 fully saturated rings. The molecule has 0 saturated carbocycles. The Hall–Kier alpha value is -7.10. The lowest BCUT2D eigenvalue weighted by Crippen LogP contribution is -2.52. The molecule has 0 bridgehead atoms. The van der Waals surface area contributed by atoms with Crippen LogP contribution in [-0.4, -0.2) is 332 Å². The number of nitrogens with one attached hydrogen (secondary N) is 12. The zero-order valence-electron chi connectivity index (χ0n) is 47.9. The Morgan fingerprint density at radius 3 is 0.802 bits per heavy atom. The Labute approximate surface area is 495 Å². The van der Waals surface area contributed by atoms with Crippen molar-refractivity contribution in [1.82, 2.24) is 63.8 Å². The number of carboxylic acids is 5. The lowest BCUT2D eigenvalue weighted by Gasteiger charge is -2.25. The number of carboxylic acid groups (broad SMARTS) is 5. The van der Waals surface area contributed by atoms with Crippen LogP contribution in [0.25, 0.3) is 0 Å². The van der Waals surface area contributed by atoms with Gasteiger partial charge in [0.25, 0.3) is 0 Å². The van der Waals surface area contributed by atoms with Crippen molar-refractivity contribution in [3.05, 3.63) is 0 Å². The van der Waals surface area contributed by atoms with E-state index in [1.54, 1.807) is 6.26 Å². The van der Waals surface area contributed by atoms with E-state index in [0.717, 1.165) is 0 Å². The average Bonchev–Trinajstić information content (AvgIpc) is 3.67. The normalized spacial score (nSPS) is 15.9. The summed E-state index contributed by atoms with van der Waals surface area (Å²) >= 11 is 1.25. The molecule has 0 aliphatic heterocycles. The predicted molar refractivity (Wildman–Crippen MR) is 293 cm³/mol. The number of aliphatic hydroxyl groups excluding tert-OH is 10. The molecule has 15 atom stereocenters. The first-order chi connectivity index (χ1) is 39.9. The number of hydrogen-bond acceptors (Lipinski definition) is 28. The molecule has 27 N–H and O–H groups in total. The molecule has 0 rings (SSSR count). The quantitative estimate of drug-likeness (QED) is 0.0273. The minimum absolute atomic E-state index is 0.136. The van der Waals surface area contributed by atoms with Gasteiger partial charge in [0.1, 0.15) is 30.5 Å². The summed E-state index contributed by atoms with van der Waals surface area (Å²) < 4.78 is 0. The number of amides is 8. The molecule has 40 nitrogen and oxygen atoms in total. The van der Waals surface area contributed by atoms with Crippen molar-refractivity contribution < 1.29 is 139 Å². The van der Waals surface area contributed by atoms with Gasteiger partial charge in [-0.2, -0.15) is 11.8 Å². The molecule has 0 aromatic rings. The van der Waals surface area contributed by atoms with Crippen LogP contribution in [0.15, 0.2) is 0 Å². The van der Waals surface area contributed by atoms with E-state index in [9.17, 15) is 93.0 Å². The van der Waals surface area contributed by atoms with E-state index in [1.807, 2.05) is 0 Å². The molecule has 498 valence electrons. The Bertz CT molecular complexity index is 2080. The Balaban J connectivity index is -0.000000525. The molecule has 8 amide bonds. The Morgan fingerprint density at radius 1 is 0.337 bits per heavy atom. The molecule has 0 aliphatic rings. The summed E-state index contributed by atoms with van der Waals surface area (Å²) in [5.41, 5.74) is 0. The number of carbonyl (C=O) groups excluding carboxylic acids is 8. The van der Waals surface area contributed by atoms with Crippen LogP contribution < -0.4 is 63.8 Å². The minimum Gasteiger partial charge on any atom is -0.480 e. The minimum atomic E-state index is -2.28. The van der Waals surface area contributed by atoms with Gasteiger partial charge in [-0.3, -0.25) is 38.4 Å². The van der Waals surface area contributed by atoms with Crippen LogP contribution in [0.2, 0.25) is 0 Å². The molecule has 0 saturated heterocycles. The molecule has 41 heteroatoms. The number of hydrogen-bond donors (Lipinski definition) is 27. The summed E-state index contributed by atoms with van der Waals surface area (Å²) in [5.74, 6) is -11.7. The van der Waals surface area contributed by atoms with Crippen molar-refractivity contribution in [1.29, 1.82) is 0 Å². The number of likely N-dealkylation sites (N-methyl/N-ethyl adjacent to an activating group) is 7. The number of carbonyl (C=O) groups is 13. The summed E-state index contributed by atoms with van der Waals surface area (Å²) in [6.07, 6.45) is -18.8. The van der Waals surface area contributed by atoms with E-state index in [-0.39, 0.29) is 37.3 Å². The number of rotatable bonds is 38. The molecule has 0 heterocycles. The summed E-state index contributed by atoms with van der Waals surface area (Å²) in [6, 6.07) is -4.34. The number of thioether (sulfide) groups is 1. The van der Waals surface area contributed by atoms with Gasteiger partial charge in [-0.25, -0.2) is 24.0 Å². The highest BCUT2D eigenvalue weighted by molar-refractivity contribution is 7.98. The van der Waals surface area contributed by atoms with Crippen LogP contribution in [-0.2, 0) is 62.3 Å². The number of aliphatic carboxylic acids is 5. The van der Waals surface area contributed by atoms with E-state index in [0.29, 0.717) is 0 Å². The highest BCUT2D eigenvalue weighted by atomic mass is 32.2. The molecule has 0 spiro atoms. The molecule has 0 aromatic carbocycles. The molecule has 0 aliphatic carbocycles. The molecule has 86 heavy (non-hydrogen) atoms. The second kappa shape index (κ2) is 47.1. The molecular formula is C45H84N12O28S. The van der Waals surface area contributed by atoms with Crippen LogP contribution in [0.3, 0.4) is 0 Å². The molecule has 10 unspecified atom stereocenters. The van der Waals surface area contributed by atoms with Gasteiger partial charge in [0.05, 0.1) is 75.1 Å². The van der Waals surface area contributed by atoms with Gasteiger partial charge in [0.15, 0.2) is 24.4 Å². The van der Waals surface area contributed by atoms with Gasteiger partial charge >= 0.3 is 29.8 Å². The van der Waals surface area contributed by atoms with Crippen molar-refractivity contribution >= 4 is 88.9 Å². The van der Waals surface area contributed by atoms with Gasteiger partial charge in [0.2, 0.25) is 47.3 Å². The fraction of sp³-hybridized carbons (Fsp3) is 0.711. The van der Waals surface area contributed by atoms with Crippen LogP contribution in [0.1, 0.15) is 25.7 Å². The lowest BCUT2D eigenvalue weighted by molar-refractivity contribution is -0.163. The van der Waals surface area contributed by atoms with E-state index < -0.39 is 189 Å². The third-order valence-corrected chi connectivity index (χ3v) is 11.8. The first kappa shape index (κ1) is 85.3. The fourth-order valence-corrected chi connectivity index (χ4v) is 6.42. The third kappa shape index (κ3) is 36.7. The highest BCUT2D eigenvalue weighted by Gasteiger charge is 2.36. The van der Waals surface area contributed by atoms with Gasteiger partial charge in [0, 0.05) is 40.0 Å².